The van der Waals surface area contributed by atoms with Crippen molar-refractivity contribution in [2.45, 2.75) is 76.0 Å². The minimum atomic E-state index is 0.0136. The van der Waals surface area contributed by atoms with Gasteiger partial charge in [0.15, 0.2) is 0 Å². The van der Waals surface area contributed by atoms with E-state index >= 15 is 0 Å². The monoisotopic (exact) mass is 280 g/mol. The molecule has 3 aliphatic rings. The average molecular weight is 280 g/mol. The number of piperazine rings is 1. The fraction of sp³-hybridized carbons (Fsp3) is 1.00. The maximum Gasteiger partial charge on any atom is 0.0634 e. The number of nitrogens with one attached hydrogen (secondary N) is 1. The van der Waals surface area contributed by atoms with Crippen molar-refractivity contribution >= 4 is 0 Å². The van der Waals surface area contributed by atoms with Gasteiger partial charge in [0, 0.05) is 38.3 Å². The van der Waals surface area contributed by atoms with Crippen molar-refractivity contribution in [3.63, 3.8) is 0 Å². The van der Waals surface area contributed by atoms with Gasteiger partial charge < -0.3 is 10.1 Å². The summed E-state index contributed by atoms with van der Waals surface area (Å²) in [5, 5.41) is 3.88. The molecule has 1 unspecified atom stereocenters. The Bertz CT molecular complexity index is 332. The van der Waals surface area contributed by atoms with Crippen molar-refractivity contribution in [3.05, 3.63) is 0 Å². The first-order valence-electron chi connectivity index (χ1n) is 8.58. The van der Waals surface area contributed by atoms with Gasteiger partial charge >= 0.3 is 0 Å². The van der Waals surface area contributed by atoms with Crippen LogP contribution < -0.4 is 5.32 Å². The van der Waals surface area contributed by atoms with Crippen LogP contribution in [0.4, 0.5) is 0 Å². The second-order valence-corrected chi connectivity index (χ2v) is 7.92. The predicted octanol–water partition coefficient (Wildman–Crippen LogP) is 2.80. The van der Waals surface area contributed by atoms with E-state index in [9.17, 15) is 0 Å². The van der Waals surface area contributed by atoms with Gasteiger partial charge in [0.2, 0.25) is 0 Å². The first-order valence-corrected chi connectivity index (χ1v) is 8.58. The van der Waals surface area contributed by atoms with Crippen LogP contribution in [0.5, 0.6) is 0 Å². The molecule has 1 aliphatic heterocycles. The van der Waals surface area contributed by atoms with Gasteiger partial charge in [0.1, 0.15) is 0 Å². The summed E-state index contributed by atoms with van der Waals surface area (Å²) in [4.78, 5) is 2.83. The van der Waals surface area contributed by atoms with Gasteiger partial charge in [0.05, 0.1) is 5.60 Å². The van der Waals surface area contributed by atoms with E-state index in [4.69, 9.17) is 4.74 Å². The van der Waals surface area contributed by atoms with Crippen molar-refractivity contribution in [3.8, 4) is 0 Å². The number of hydrogen-bond acceptors (Lipinski definition) is 3. The zero-order valence-electron chi connectivity index (χ0n) is 13.6. The normalized spacial score (nSPS) is 31.1. The highest BCUT2D eigenvalue weighted by Gasteiger charge is 2.46. The summed E-state index contributed by atoms with van der Waals surface area (Å²) in [6.07, 6.45) is 9.66. The van der Waals surface area contributed by atoms with Crippen molar-refractivity contribution in [2.75, 3.05) is 26.7 Å². The Morgan fingerprint density at radius 2 is 1.95 bits per heavy atom. The summed E-state index contributed by atoms with van der Waals surface area (Å²) in [5.41, 5.74) is 0.481. The summed E-state index contributed by atoms with van der Waals surface area (Å²) in [7, 11) is 1.84. The SMILES string of the molecule is COC(C)(C)CCN1CC(C2CC2)NCC12CCCC2. The van der Waals surface area contributed by atoms with Gasteiger partial charge in [-0.1, -0.05) is 12.8 Å². The van der Waals surface area contributed by atoms with Crippen molar-refractivity contribution < 1.29 is 4.74 Å². The van der Waals surface area contributed by atoms with Crippen LogP contribution in [0.3, 0.4) is 0 Å². The number of rotatable bonds is 5. The molecule has 0 aromatic heterocycles. The summed E-state index contributed by atoms with van der Waals surface area (Å²) in [5.74, 6) is 0.965. The maximum absolute atomic E-state index is 5.62. The number of ether oxygens (including phenoxy) is 1. The summed E-state index contributed by atoms with van der Waals surface area (Å²) >= 11 is 0. The molecule has 3 fully saturated rings. The molecule has 1 spiro atoms. The van der Waals surface area contributed by atoms with E-state index in [1.54, 1.807) is 0 Å². The molecule has 1 saturated heterocycles. The third kappa shape index (κ3) is 3.05. The van der Waals surface area contributed by atoms with E-state index in [0.29, 0.717) is 5.54 Å². The quantitative estimate of drug-likeness (QED) is 0.838. The van der Waals surface area contributed by atoms with E-state index in [0.717, 1.165) is 18.4 Å². The summed E-state index contributed by atoms with van der Waals surface area (Å²) in [6.45, 7) is 8.13. The molecule has 2 aliphatic carbocycles. The Labute approximate surface area is 124 Å². The van der Waals surface area contributed by atoms with Crippen molar-refractivity contribution in [1.82, 2.24) is 10.2 Å². The molecule has 1 N–H and O–H groups in total. The van der Waals surface area contributed by atoms with Crippen LogP contribution in [0, 0.1) is 5.92 Å². The van der Waals surface area contributed by atoms with Gasteiger partial charge in [-0.25, -0.2) is 0 Å². The molecule has 1 heterocycles. The third-order valence-corrected chi connectivity index (χ3v) is 6.04. The Hall–Kier alpha value is -0.120. The Morgan fingerprint density at radius 1 is 1.25 bits per heavy atom. The molecule has 0 radical (unpaired) electrons. The second kappa shape index (κ2) is 5.58. The molecule has 0 aromatic rings. The Morgan fingerprint density at radius 3 is 2.55 bits per heavy atom. The third-order valence-electron chi connectivity index (χ3n) is 6.04. The number of hydrogen-bond donors (Lipinski definition) is 1. The van der Waals surface area contributed by atoms with Gasteiger partial charge in [-0.3, -0.25) is 4.90 Å². The lowest BCUT2D eigenvalue weighted by molar-refractivity contribution is -0.0185. The van der Waals surface area contributed by atoms with Gasteiger partial charge in [0.25, 0.3) is 0 Å². The molecule has 3 heteroatoms. The van der Waals surface area contributed by atoms with Crippen LogP contribution in [0.15, 0.2) is 0 Å². The van der Waals surface area contributed by atoms with Gasteiger partial charge in [-0.05, 0) is 51.9 Å². The largest absolute Gasteiger partial charge is 0.379 e. The minimum Gasteiger partial charge on any atom is -0.379 e. The van der Waals surface area contributed by atoms with Crippen LogP contribution in [-0.4, -0.2) is 48.8 Å². The first kappa shape index (κ1) is 14.8. The van der Waals surface area contributed by atoms with Crippen LogP contribution in [0.1, 0.15) is 58.8 Å². The van der Waals surface area contributed by atoms with Crippen LogP contribution in [0.2, 0.25) is 0 Å². The maximum atomic E-state index is 5.62. The highest BCUT2D eigenvalue weighted by atomic mass is 16.5. The summed E-state index contributed by atoms with van der Waals surface area (Å²) < 4.78 is 5.62. The Balaban J connectivity index is 1.64. The fourth-order valence-corrected chi connectivity index (χ4v) is 4.10. The van der Waals surface area contributed by atoms with Gasteiger partial charge in [-0.2, -0.15) is 0 Å². The smallest absolute Gasteiger partial charge is 0.0634 e. The van der Waals surface area contributed by atoms with Crippen LogP contribution in [-0.2, 0) is 4.74 Å². The van der Waals surface area contributed by atoms with Crippen molar-refractivity contribution in [1.29, 1.82) is 0 Å². The van der Waals surface area contributed by atoms with Gasteiger partial charge in [-0.15, -0.1) is 0 Å². The number of methoxy groups -OCH3 is 1. The lowest BCUT2D eigenvalue weighted by Crippen LogP contribution is -2.64. The predicted molar refractivity (Wildman–Crippen MR) is 83.0 cm³/mol. The molecular formula is C17H32N2O. The first-order chi connectivity index (χ1) is 9.55. The summed E-state index contributed by atoms with van der Waals surface area (Å²) in [6, 6.07) is 0.756. The van der Waals surface area contributed by atoms with Crippen LogP contribution >= 0.6 is 0 Å². The second-order valence-electron chi connectivity index (χ2n) is 7.92. The van der Waals surface area contributed by atoms with Crippen LogP contribution in [0.25, 0.3) is 0 Å². The number of nitrogens with zero attached hydrogens (tertiary/aromatic N) is 1. The zero-order valence-corrected chi connectivity index (χ0v) is 13.6. The standard InChI is InChI=1S/C17H32N2O/c1-16(2,20-3)10-11-19-12-15(14-6-7-14)18-13-17(19)8-4-5-9-17/h14-15,18H,4-13H2,1-3H3. The molecule has 2 saturated carbocycles. The molecule has 0 aromatic carbocycles. The average Bonchev–Trinajstić information content (AvgIpc) is 3.19. The topological polar surface area (TPSA) is 24.5 Å². The highest BCUT2D eigenvalue weighted by molar-refractivity contribution is 5.04. The molecule has 3 rings (SSSR count). The molecule has 0 amide bonds. The molecule has 1 atom stereocenters. The molecule has 116 valence electrons. The van der Waals surface area contributed by atoms with Crippen molar-refractivity contribution in [2.24, 2.45) is 5.92 Å². The molecule has 20 heavy (non-hydrogen) atoms. The van der Waals surface area contributed by atoms with E-state index in [1.807, 2.05) is 7.11 Å². The lowest BCUT2D eigenvalue weighted by Gasteiger charge is -2.49. The minimum absolute atomic E-state index is 0.0136. The molecule has 3 nitrogen and oxygen atoms in total. The Kier molecular flexibility index (Phi) is 4.13. The highest BCUT2D eigenvalue weighted by Crippen LogP contribution is 2.41. The van der Waals surface area contributed by atoms with E-state index in [2.05, 4.69) is 24.1 Å². The van der Waals surface area contributed by atoms with E-state index < -0.39 is 0 Å². The lowest BCUT2D eigenvalue weighted by atomic mass is 9.89. The fourth-order valence-electron chi connectivity index (χ4n) is 4.10. The molecule has 0 bridgehead atoms. The molecular weight excluding hydrogens is 248 g/mol. The van der Waals surface area contributed by atoms with E-state index in [1.165, 1.54) is 58.2 Å². The van der Waals surface area contributed by atoms with E-state index in [-0.39, 0.29) is 5.60 Å². The zero-order chi connectivity index (χ0) is 14.2.